The van der Waals surface area contributed by atoms with E-state index in [9.17, 15) is 14.7 Å². The molecule has 150 valence electrons. The summed E-state index contributed by atoms with van der Waals surface area (Å²) in [5.41, 5.74) is 0.966. The van der Waals surface area contributed by atoms with Crippen LogP contribution in [0, 0.1) is 0 Å². The number of hydrogen-bond acceptors (Lipinski definition) is 5. The first-order chi connectivity index (χ1) is 13.5. The Labute approximate surface area is 167 Å². The molecule has 1 fully saturated rings. The van der Waals surface area contributed by atoms with E-state index in [0.29, 0.717) is 10.6 Å². The Morgan fingerprint density at radius 1 is 1.36 bits per heavy atom. The largest absolute Gasteiger partial charge is 0.394 e. The lowest BCUT2D eigenvalue weighted by atomic mass is 9.89. The maximum Gasteiger partial charge on any atom is 0.271 e. The van der Waals surface area contributed by atoms with Gasteiger partial charge in [-0.1, -0.05) is 23.7 Å². The second kappa shape index (κ2) is 8.72. The zero-order valence-electron chi connectivity index (χ0n) is 15.7. The van der Waals surface area contributed by atoms with Gasteiger partial charge in [-0.15, -0.1) is 0 Å². The lowest BCUT2D eigenvalue weighted by molar-refractivity contribution is 0.0174. The van der Waals surface area contributed by atoms with Gasteiger partial charge in [0.15, 0.2) is 5.69 Å². The molecule has 8 nitrogen and oxygen atoms in total. The first kappa shape index (κ1) is 20.3. The molecular weight excluding hydrogens is 384 g/mol. The lowest BCUT2D eigenvalue weighted by Gasteiger charge is -2.34. The quantitative estimate of drug-likeness (QED) is 0.644. The Bertz CT molecular complexity index is 863. The highest BCUT2D eigenvalue weighted by Gasteiger charge is 2.32. The summed E-state index contributed by atoms with van der Waals surface area (Å²) in [7, 11) is 3.13. The van der Waals surface area contributed by atoms with E-state index in [4.69, 9.17) is 16.3 Å². The minimum Gasteiger partial charge on any atom is -0.394 e. The molecule has 2 amide bonds. The predicted molar refractivity (Wildman–Crippen MR) is 104 cm³/mol. The average Bonchev–Trinajstić information content (AvgIpc) is 3.09. The van der Waals surface area contributed by atoms with Crippen LogP contribution in [-0.4, -0.2) is 59.6 Å². The molecule has 3 N–H and O–H groups in total. The van der Waals surface area contributed by atoms with E-state index in [-0.39, 0.29) is 36.0 Å². The molecule has 1 atom stereocenters. The maximum atomic E-state index is 12.9. The molecule has 9 heteroatoms. The molecule has 0 unspecified atom stereocenters. The molecule has 1 saturated carbocycles. The van der Waals surface area contributed by atoms with Crippen molar-refractivity contribution in [3.05, 3.63) is 52.3 Å². The van der Waals surface area contributed by atoms with E-state index in [0.717, 1.165) is 12.8 Å². The molecule has 0 saturated heterocycles. The van der Waals surface area contributed by atoms with Gasteiger partial charge in [0.25, 0.3) is 11.8 Å². The summed E-state index contributed by atoms with van der Waals surface area (Å²) in [6, 6.07) is 7.71. The number of nitrogens with one attached hydrogen (secondary N) is 2. The molecule has 1 aliphatic carbocycles. The monoisotopic (exact) mass is 406 g/mol. The standard InChI is InChI=1S/C19H23ClN4O4/c1-21-18(26)15-9-16(19(27)22-13-7-14(8-13)28-2)24(23-15)17(10-25)11-4-3-5-12(20)6-11/h3-6,9,13-14,17,25H,7-8,10H2,1-2H3,(H,21,26)(H,22,27)/t13?,14?,17-/m0/s1. The van der Waals surface area contributed by atoms with Gasteiger partial charge in [-0.2, -0.15) is 5.10 Å². The molecular formula is C19H23ClN4O4. The van der Waals surface area contributed by atoms with Gasteiger partial charge in [-0.25, -0.2) is 4.68 Å². The molecule has 1 aliphatic rings. The van der Waals surface area contributed by atoms with E-state index >= 15 is 0 Å². The summed E-state index contributed by atoms with van der Waals surface area (Å²) in [5, 5.41) is 20.2. The fourth-order valence-corrected chi connectivity index (χ4v) is 3.41. The van der Waals surface area contributed by atoms with Crippen LogP contribution in [0.3, 0.4) is 0 Å². The van der Waals surface area contributed by atoms with Crippen molar-refractivity contribution in [2.75, 3.05) is 20.8 Å². The number of halogens is 1. The highest BCUT2D eigenvalue weighted by atomic mass is 35.5. The minimum atomic E-state index is -0.661. The van der Waals surface area contributed by atoms with Crippen molar-refractivity contribution in [3.8, 4) is 0 Å². The van der Waals surface area contributed by atoms with E-state index in [2.05, 4.69) is 15.7 Å². The van der Waals surface area contributed by atoms with Crippen molar-refractivity contribution in [2.45, 2.75) is 31.0 Å². The van der Waals surface area contributed by atoms with Crippen molar-refractivity contribution in [2.24, 2.45) is 0 Å². The zero-order valence-corrected chi connectivity index (χ0v) is 16.4. The number of rotatable bonds is 7. The number of benzene rings is 1. The van der Waals surface area contributed by atoms with Gasteiger partial charge >= 0.3 is 0 Å². The van der Waals surface area contributed by atoms with Crippen molar-refractivity contribution < 1.29 is 19.4 Å². The summed E-state index contributed by atoms with van der Waals surface area (Å²) in [6.45, 7) is -0.315. The van der Waals surface area contributed by atoms with Gasteiger partial charge < -0.3 is 20.5 Å². The third-order valence-electron chi connectivity index (χ3n) is 4.89. The number of nitrogens with zero attached hydrogens (tertiary/aromatic N) is 2. The van der Waals surface area contributed by atoms with Gasteiger partial charge in [0.2, 0.25) is 0 Å². The average molecular weight is 407 g/mol. The maximum absolute atomic E-state index is 12.9. The van der Waals surface area contributed by atoms with Crippen LogP contribution < -0.4 is 10.6 Å². The zero-order chi connectivity index (χ0) is 20.3. The topological polar surface area (TPSA) is 105 Å². The predicted octanol–water partition coefficient (Wildman–Crippen LogP) is 1.39. The van der Waals surface area contributed by atoms with Gasteiger partial charge in [0.05, 0.1) is 12.7 Å². The highest BCUT2D eigenvalue weighted by molar-refractivity contribution is 6.30. The third-order valence-corrected chi connectivity index (χ3v) is 5.13. The van der Waals surface area contributed by atoms with Gasteiger partial charge in [-0.05, 0) is 30.5 Å². The van der Waals surface area contributed by atoms with Crippen LogP contribution in [0.25, 0.3) is 0 Å². The van der Waals surface area contributed by atoms with Crippen LogP contribution in [0.1, 0.15) is 45.4 Å². The second-order valence-corrected chi connectivity index (χ2v) is 7.13. The summed E-state index contributed by atoms with van der Waals surface area (Å²) in [5.74, 6) is -0.777. The van der Waals surface area contributed by atoms with E-state index < -0.39 is 11.9 Å². The highest BCUT2D eigenvalue weighted by Crippen LogP contribution is 2.25. The third kappa shape index (κ3) is 4.19. The molecule has 0 aliphatic heterocycles. The number of carbonyl (C=O) groups excluding carboxylic acids is 2. The fourth-order valence-electron chi connectivity index (χ4n) is 3.21. The molecule has 1 aromatic carbocycles. The number of amides is 2. The Kier molecular flexibility index (Phi) is 6.33. The number of aliphatic hydroxyl groups excluding tert-OH is 1. The lowest BCUT2D eigenvalue weighted by Crippen LogP contribution is -2.48. The molecule has 2 aromatic rings. The SMILES string of the molecule is CNC(=O)c1cc(C(=O)NC2CC(OC)C2)n([C@@H](CO)c2cccc(Cl)c2)n1. The van der Waals surface area contributed by atoms with Crippen molar-refractivity contribution >= 4 is 23.4 Å². The summed E-state index contributed by atoms with van der Waals surface area (Å²) < 4.78 is 6.61. The molecule has 0 radical (unpaired) electrons. The molecule has 0 spiro atoms. The van der Waals surface area contributed by atoms with Crippen LogP contribution in [0.15, 0.2) is 30.3 Å². The number of aliphatic hydroxyl groups is 1. The molecule has 1 heterocycles. The van der Waals surface area contributed by atoms with E-state index in [1.165, 1.54) is 17.8 Å². The summed E-state index contributed by atoms with van der Waals surface area (Å²) in [4.78, 5) is 24.9. The minimum absolute atomic E-state index is 0.00278. The Hall–Kier alpha value is -2.42. The van der Waals surface area contributed by atoms with Gasteiger partial charge in [-0.3, -0.25) is 9.59 Å². The Morgan fingerprint density at radius 2 is 2.11 bits per heavy atom. The molecule has 1 aromatic heterocycles. The van der Waals surface area contributed by atoms with E-state index in [1.54, 1.807) is 31.4 Å². The fraction of sp³-hybridized carbons (Fsp3) is 0.421. The number of ether oxygens (including phenoxy) is 1. The van der Waals surface area contributed by atoms with Crippen LogP contribution in [0.5, 0.6) is 0 Å². The van der Waals surface area contributed by atoms with Crippen LogP contribution in [-0.2, 0) is 4.74 Å². The Morgan fingerprint density at radius 3 is 2.71 bits per heavy atom. The van der Waals surface area contributed by atoms with E-state index in [1.807, 2.05) is 0 Å². The first-order valence-electron chi connectivity index (χ1n) is 8.98. The Balaban J connectivity index is 1.93. The summed E-state index contributed by atoms with van der Waals surface area (Å²) in [6.07, 6.45) is 1.61. The number of methoxy groups -OCH3 is 1. The molecule has 0 bridgehead atoms. The number of hydrogen-bond donors (Lipinski definition) is 3. The van der Waals surface area contributed by atoms with Crippen molar-refractivity contribution in [3.63, 3.8) is 0 Å². The molecule has 28 heavy (non-hydrogen) atoms. The molecule has 3 rings (SSSR count). The first-order valence-corrected chi connectivity index (χ1v) is 9.36. The number of aromatic nitrogens is 2. The van der Waals surface area contributed by atoms with Gasteiger partial charge in [0, 0.05) is 31.3 Å². The summed E-state index contributed by atoms with van der Waals surface area (Å²) >= 11 is 6.07. The second-order valence-electron chi connectivity index (χ2n) is 6.69. The number of carbonyl (C=O) groups is 2. The smallest absolute Gasteiger partial charge is 0.271 e. The normalized spacial score (nSPS) is 19.6. The van der Waals surface area contributed by atoms with Crippen LogP contribution in [0.2, 0.25) is 5.02 Å². The van der Waals surface area contributed by atoms with Crippen LogP contribution >= 0.6 is 11.6 Å². The van der Waals surface area contributed by atoms with Gasteiger partial charge in [0.1, 0.15) is 11.7 Å². The van der Waals surface area contributed by atoms with Crippen molar-refractivity contribution in [1.82, 2.24) is 20.4 Å². The van der Waals surface area contributed by atoms with Crippen LogP contribution in [0.4, 0.5) is 0 Å². The van der Waals surface area contributed by atoms with Crippen molar-refractivity contribution in [1.29, 1.82) is 0 Å².